The molecule has 2 heterocycles. The zero-order chi connectivity index (χ0) is 15.5. The monoisotopic (exact) mass is 315 g/mol. The van der Waals surface area contributed by atoms with E-state index in [2.05, 4.69) is 16.9 Å². The Morgan fingerprint density at radius 1 is 1.33 bits per heavy atom. The van der Waals surface area contributed by atoms with E-state index in [1.807, 2.05) is 0 Å². The van der Waals surface area contributed by atoms with Crippen molar-refractivity contribution in [1.29, 1.82) is 0 Å². The van der Waals surface area contributed by atoms with E-state index in [4.69, 9.17) is 5.73 Å². The molecule has 1 aliphatic rings. The summed E-state index contributed by atoms with van der Waals surface area (Å²) in [6.45, 7) is 6.45. The van der Waals surface area contributed by atoms with Gasteiger partial charge in [-0.15, -0.1) is 0 Å². The molecule has 1 aromatic rings. The molecule has 0 aromatic carbocycles. The van der Waals surface area contributed by atoms with Gasteiger partial charge in [0.15, 0.2) is 5.03 Å². The molecule has 1 aromatic heterocycles. The summed E-state index contributed by atoms with van der Waals surface area (Å²) in [5.74, 6) is 0.435. The van der Waals surface area contributed by atoms with Gasteiger partial charge in [0.2, 0.25) is 0 Å². The lowest BCUT2D eigenvalue weighted by Crippen LogP contribution is -2.37. The number of sulfonamides is 1. The van der Waals surface area contributed by atoms with E-state index < -0.39 is 10.0 Å². The van der Waals surface area contributed by atoms with Crippen molar-refractivity contribution in [1.82, 2.24) is 19.0 Å². The van der Waals surface area contributed by atoms with Gasteiger partial charge in [-0.3, -0.25) is 4.68 Å². The molecule has 0 radical (unpaired) electrons. The van der Waals surface area contributed by atoms with Crippen LogP contribution in [0.3, 0.4) is 0 Å². The van der Waals surface area contributed by atoms with Gasteiger partial charge in [0.25, 0.3) is 10.0 Å². The lowest BCUT2D eigenvalue weighted by molar-refractivity contribution is 0.250. The largest absolute Gasteiger partial charge is 0.330 e. The molecular weight excluding hydrogens is 290 g/mol. The Morgan fingerprint density at radius 2 is 2.10 bits per heavy atom. The fourth-order valence-corrected chi connectivity index (χ4v) is 4.20. The van der Waals surface area contributed by atoms with Crippen molar-refractivity contribution in [2.24, 2.45) is 18.7 Å². The highest BCUT2D eigenvalue weighted by Crippen LogP contribution is 2.17. The van der Waals surface area contributed by atoms with Crippen molar-refractivity contribution in [2.75, 3.05) is 39.3 Å². The van der Waals surface area contributed by atoms with Gasteiger partial charge in [-0.25, -0.2) is 8.42 Å². The highest BCUT2D eigenvalue weighted by molar-refractivity contribution is 7.89. The van der Waals surface area contributed by atoms with Crippen molar-refractivity contribution in [3.63, 3.8) is 0 Å². The third-order valence-electron chi connectivity index (χ3n) is 3.90. The van der Waals surface area contributed by atoms with Crippen LogP contribution in [0.5, 0.6) is 0 Å². The van der Waals surface area contributed by atoms with Gasteiger partial charge >= 0.3 is 0 Å². The third-order valence-corrected chi connectivity index (χ3v) is 5.87. The molecule has 0 spiro atoms. The number of hydrogen-bond donors (Lipinski definition) is 1. The molecule has 0 aliphatic carbocycles. The number of aryl methyl sites for hydroxylation is 1. The summed E-state index contributed by atoms with van der Waals surface area (Å²) in [6, 6.07) is 1.55. The van der Waals surface area contributed by atoms with Gasteiger partial charge in [0.1, 0.15) is 0 Å². The van der Waals surface area contributed by atoms with Crippen molar-refractivity contribution in [3.8, 4) is 0 Å². The Labute approximate surface area is 126 Å². The predicted molar refractivity (Wildman–Crippen MR) is 81.2 cm³/mol. The van der Waals surface area contributed by atoms with Crippen LogP contribution in [0.25, 0.3) is 0 Å². The fraction of sp³-hybridized carbons (Fsp3) is 0.769. The zero-order valence-electron chi connectivity index (χ0n) is 12.8. The van der Waals surface area contributed by atoms with Gasteiger partial charge in [0, 0.05) is 33.2 Å². The van der Waals surface area contributed by atoms with Crippen LogP contribution < -0.4 is 5.73 Å². The van der Waals surface area contributed by atoms with Gasteiger partial charge in [-0.1, -0.05) is 6.92 Å². The van der Waals surface area contributed by atoms with Gasteiger partial charge in [-0.05, 0) is 31.5 Å². The van der Waals surface area contributed by atoms with E-state index in [9.17, 15) is 8.42 Å². The average Bonchev–Trinajstić information content (AvgIpc) is 2.74. The van der Waals surface area contributed by atoms with Crippen LogP contribution >= 0.6 is 0 Å². The van der Waals surface area contributed by atoms with Crippen molar-refractivity contribution in [2.45, 2.75) is 18.4 Å². The Kier molecular flexibility index (Phi) is 5.37. The summed E-state index contributed by atoms with van der Waals surface area (Å²) in [7, 11) is -1.80. The second kappa shape index (κ2) is 6.87. The summed E-state index contributed by atoms with van der Waals surface area (Å²) in [4.78, 5) is 2.30. The Balaban J connectivity index is 2.04. The summed E-state index contributed by atoms with van der Waals surface area (Å²) >= 11 is 0. The fourth-order valence-electron chi connectivity index (χ4n) is 2.63. The van der Waals surface area contributed by atoms with Crippen LogP contribution in [0.15, 0.2) is 17.3 Å². The molecule has 120 valence electrons. The molecule has 2 N–H and O–H groups in total. The first kappa shape index (κ1) is 16.4. The number of nitrogens with zero attached hydrogens (tertiary/aromatic N) is 4. The molecule has 1 aliphatic heterocycles. The quantitative estimate of drug-likeness (QED) is 0.807. The molecule has 2 rings (SSSR count). The van der Waals surface area contributed by atoms with Crippen LogP contribution in [0, 0.1) is 5.92 Å². The number of hydrogen-bond acceptors (Lipinski definition) is 5. The van der Waals surface area contributed by atoms with Crippen LogP contribution in [0.1, 0.15) is 13.3 Å². The highest BCUT2D eigenvalue weighted by atomic mass is 32.2. The van der Waals surface area contributed by atoms with Crippen LogP contribution in [-0.2, 0) is 17.1 Å². The first-order valence-corrected chi connectivity index (χ1v) is 8.79. The van der Waals surface area contributed by atoms with Gasteiger partial charge in [0.05, 0.1) is 6.20 Å². The van der Waals surface area contributed by atoms with E-state index >= 15 is 0 Å². The standard InChI is InChI=1S/C13H25N5O2S/c1-12(10-14)11-17-6-3-7-18(9-8-17)21(19,20)13-4-5-15-16(13)2/h4-5,12H,3,6-11,14H2,1-2H3. The maximum atomic E-state index is 12.6. The molecule has 0 saturated carbocycles. The predicted octanol–water partition coefficient (Wildman–Crippen LogP) is -0.289. The average molecular weight is 315 g/mol. The first-order chi connectivity index (χ1) is 9.95. The maximum absolute atomic E-state index is 12.6. The smallest absolute Gasteiger partial charge is 0.260 e. The lowest BCUT2D eigenvalue weighted by Gasteiger charge is -2.23. The Hall–Kier alpha value is -0.960. The minimum Gasteiger partial charge on any atom is -0.330 e. The molecule has 1 unspecified atom stereocenters. The van der Waals surface area contributed by atoms with Crippen LogP contribution in [-0.4, -0.2) is 66.7 Å². The molecule has 0 amide bonds. The number of aromatic nitrogens is 2. The molecule has 1 fully saturated rings. The second-order valence-electron chi connectivity index (χ2n) is 5.69. The molecule has 8 heteroatoms. The number of nitrogens with two attached hydrogens (primary N) is 1. The minimum absolute atomic E-state index is 0.256. The van der Waals surface area contributed by atoms with E-state index in [-0.39, 0.29) is 5.03 Å². The van der Waals surface area contributed by atoms with Crippen LogP contribution in [0.2, 0.25) is 0 Å². The van der Waals surface area contributed by atoms with E-state index in [1.54, 1.807) is 17.4 Å². The zero-order valence-corrected chi connectivity index (χ0v) is 13.6. The van der Waals surface area contributed by atoms with Crippen molar-refractivity contribution < 1.29 is 8.42 Å². The van der Waals surface area contributed by atoms with E-state index in [1.165, 1.54) is 10.9 Å². The van der Waals surface area contributed by atoms with Crippen molar-refractivity contribution in [3.05, 3.63) is 12.3 Å². The molecule has 21 heavy (non-hydrogen) atoms. The number of rotatable bonds is 5. The van der Waals surface area contributed by atoms with Crippen molar-refractivity contribution >= 4 is 10.0 Å². The SMILES string of the molecule is CC(CN)CN1CCCN(S(=O)(=O)c2ccnn2C)CC1. The summed E-state index contributed by atoms with van der Waals surface area (Å²) in [5, 5.41) is 4.21. The van der Waals surface area contributed by atoms with Gasteiger partial charge in [-0.2, -0.15) is 9.40 Å². The van der Waals surface area contributed by atoms with E-state index in [0.717, 1.165) is 26.1 Å². The highest BCUT2D eigenvalue weighted by Gasteiger charge is 2.29. The minimum atomic E-state index is -3.45. The summed E-state index contributed by atoms with van der Waals surface area (Å²) in [5.41, 5.74) is 5.66. The van der Waals surface area contributed by atoms with Gasteiger partial charge < -0.3 is 10.6 Å². The topological polar surface area (TPSA) is 84.5 Å². The molecule has 1 atom stereocenters. The first-order valence-electron chi connectivity index (χ1n) is 7.35. The third kappa shape index (κ3) is 3.82. The molecule has 1 saturated heterocycles. The molecular formula is C13H25N5O2S. The Bertz CT molecular complexity index is 557. The molecule has 0 bridgehead atoms. The van der Waals surface area contributed by atoms with E-state index in [0.29, 0.717) is 25.6 Å². The molecule has 7 nitrogen and oxygen atoms in total. The lowest BCUT2D eigenvalue weighted by atomic mass is 10.1. The maximum Gasteiger partial charge on any atom is 0.260 e. The second-order valence-corrected chi connectivity index (χ2v) is 7.58. The summed E-state index contributed by atoms with van der Waals surface area (Å²) < 4.78 is 28.2. The normalized spacial score (nSPS) is 20.3. The Morgan fingerprint density at radius 3 is 2.71 bits per heavy atom. The summed E-state index contributed by atoms with van der Waals surface area (Å²) in [6.07, 6.45) is 2.36. The van der Waals surface area contributed by atoms with Crippen LogP contribution in [0.4, 0.5) is 0 Å².